The van der Waals surface area contributed by atoms with Crippen LogP contribution in [0.2, 0.25) is 0 Å². The van der Waals surface area contributed by atoms with Gasteiger partial charge in [-0.1, -0.05) is 11.3 Å². The van der Waals surface area contributed by atoms with Gasteiger partial charge in [0.05, 0.1) is 30.7 Å². The van der Waals surface area contributed by atoms with Crippen LogP contribution in [-0.2, 0) is 9.53 Å². The van der Waals surface area contributed by atoms with Gasteiger partial charge in [0.1, 0.15) is 17.0 Å². The molecule has 1 N–H and O–H groups in total. The number of hydrogen-bond acceptors (Lipinski definition) is 7. The van der Waals surface area contributed by atoms with E-state index in [1.807, 2.05) is 12.1 Å². The Morgan fingerprint density at radius 2 is 1.96 bits per heavy atom. The van der Waals surface area contributed by atoms with E-state index in [2.05, 4.69) is 15.2 Å². The van der Waals surface area contributed by atoms with Gasteiger partial charge in [0, 0.05) is 39.0 Å². The van der Waals surface area contributed by atoms with Gasteiger partial charge < -0.3 is 19.3 Å². The van der Waals surface area contributed by atoms with Crippen LogP contribution in [0.5, 0.6) is 5.75 Å². The van der Waals surface area contributed by atoms with Crippen molar-refractivity contribution in [3.63, 3.8) is 0 Å². The highest BCUT2D eigenvalue weighted by molar-refractivity contribution is 7.23. The Morgan fingerprint density at radius 3 is 2.67 bits per heavy atom. The number of Topliss-reactive ketones (excluding diaryl/α,β-unsaturated/α-hetero) is 1. The van der Waals surface area contributed by atoms with Gasteiger partial charge in [-0.05, 0) is 12.1 Å². The number of aromatic nitrogens is 1. The lowest BCUT2D eigenvalue weighted by molar-refractivity contribution is -0.120. The second kappa shape index (κ2) is 7.69. The number of urea groups is 1. The molecular weight excluding hydrogens is 368 g/mol. The first-order valence-corrected chi connectivity index (χ1v) is 9.85. The van der Waals surface area contributed by atoms with Crippen molar-refractivity contribution in [2.24, 2.45) is 0 Å². The number of ether oxygens (including phenoxy) is 2. The summed E-state index contributed by atoms with van der Waals surface area (Å²) < 4.78 is 11.9. The Balaban J connectivity index is 1.60. The number of carbonyl (C=O) groups is 2. The number of thiazole rings is 1. The van der Waals surface area contributed by atoms with E-state index in [9.17, 15) is 9.59 Å². The molecule has 2 amide bonds. The molecular formula is C18H22N4O4S. The highest BCUT2D eigenvalue weighted by Crippen LogP contribution is 2.39. The first-order chi connectivity index (χ1) is 13.2. The number of rotatable bonds is 3. The molecule has 3 heterocycles. The summed E-state index contributed by atoms with van der Waals surface area (Å²) in [4.78, 5) is 32.4. The minimum atomic E-state index is -0.214. The summed E-state index contributed by atoms with van der Waals surface area (Å²) >= 11 is 1.44. The number of likely N-dealkylation sites (tertiary alicyclic amines) is 1. The van der Waals surface area contributed by atoms with E-state index < -0.39 is 0 Å². The molecule has 0 spiro atoms. The van der Waals surface area contributed by atoms with Gasteiger partial charge in [-0.15, -0.1) is 0 Å². The van der Waals surface area contributed by atoms with Crippen molar-refractivity contribution >= 4 is 44.2 Å². The smallest absolute Gasteiger partial charge is 0.323 e. The molecule has 2 aromatic rings. The number of carbonyl (C=O) groups excluding carboxylic acids is 2. The molecule has 1 aromatic carbocycles. The number of amides is 2. The summed E-state index contributed by atoms with van der Waals surface area (Å²) in [5.41, 5.74) is 1.83. The maximum atomic E-state index is 12.5. The van der Waals surface area contributed by atoms with E-state index >= 15 is 0 Å². The molecule has 0 bridgehead atoms. The van der Waals surface area contributed by atoms with Crippen molar-refractivity contribution in [2.75, 3.05) is 56.7 Å². The van der Waals surface area contributed by atoms with Crippen LogP contribution >= 0.6 is 11.3 Å². The average molecular weight is 390 g/mol. The summed E-state index contributed by atoms with van der Waals surface area (Å²) in [5, 5.41) is 3.41. The van der Waals surface area contributed by atoms with Crippen molar-refractivity contribution < 1.29 is 19.1 Å². The minimum Gasteiger partial charge on any atom is -0.494 e. The van der Waals surface area contributed by atoms with Gasteiger partial charge in [-0.25, -0.2) is 9.78 Å². The number of hydrogen-bond donors (Lipinski definition) is 1. The molecule has 8 nitrogen and oxygen atoms in total. The van der Waals surface area contributed by atoms with Gasteiger partial charge in [0.25, 0.3) is 0 Å². The van der Waals surface area contributed by atoms with Gasteiger partial charge in [0.15, 0.2) is 5.13 Å². The fourth-order valence-electron chi connectivity index (χ4n) is 3.37. The third-order valence-electron chi connectivity index (χ3n) is 4.88. The molecule has 2 fully saturated rings. The standard InChI is InChI=1S/C18H22N4O4S/c1-25-14-3-2-13(21-8-10-26-11-9-21)16-15(14)19-17(27-16)20-18(24)22-6-4-12(23)5-7-22/h2-3H,4-11H2,1H3,(H,19,20,24). The van der Waals surface area contributed by atoms with Crippen LogP contribution in [0.25, 0.3) is 10.2 Å². The largest absolute Gasteiger partial charge is 0.494 e. The number of nitrogens with one attached hydrogen (secondary N) is 1. The molecule has 0 unspecified atom stereocenters. The Morgan fingerprint density at radius 1 is 1.22 bits per heavy atom. The molecule has 2 saturated heterocycles. The van der Waals surface area contributed by atoms with Crippen molar-refractivity contribution in [2.45, 2.75) is 12.8 Å². The summed E-state index contributed by atoms with van der Waals surface area (Å²) in [5.74, 6) is 0.890. The van der Waals surface area contributed by atoms with E-state index in [1.54, 1.807) is 12.0 Å². The SMILES string of the molecule is COc1ccc(N2CCOCC2)c2sc(NC(=O)N3CCC(=O)CC3)nc12. The van der Waals surface area contributed by atoms with E-state index in [1.165, 1.54) is 11.3 Å². The lowest BCUT2D eigenvalue weighted by Crippen LogP contribution is -2.41. The Labute approximate surface area is 161 Å². The monoisotopic (exact) mass is 390 g/mol. The lowest BCUT2D eigenvalue weighted by Gasteiger charge is -2.29. The molecule has 4 rings (SSSR count). The highest BCUT2D eigenvalue weighted by Gasteiger charge is 2.23. The number of fused-ring (bicyclic) bond motifs is 1. The number of methoxy groups -OCH3 is 1. The van der Waals surface area contributed by atoms with E-state index in [0.29, 0.717) is 50.0 Å². The van der Waals surface area contributed by atoms with Gasteiger partial charge in [-0.3, -0.25) is 10.1 Å². The van der Waals surface area contributed by atoms with Crippen molar-refractivity contribution in [3.05, 3.63) is 12.1 Å². The maximum absolute atomic E-state index is 12.5. The quantitative estimate of drug-likeness (QED) is 0.866. The summed E-state index contributed by atoms with van der Waals surface area (Å²) in [6, 6.07) is 3.73. The molecule has 27 heavy (non-hydrogen) atoms. The zero-order valence-electron chi connectivity index (χ0n) is 15.2. The maximum Gasteiger partial charge on any atom is 0.323 e. The summed E-state index contributed by atoms with van der Waals surface area (Å²) in [7, 11) is 1.62. The molecule has 2 aliphatic rings. The number of piperidine rings is 1. The van der Waals surface area contributed by atoms with Crippen LogP contribution < -0.4 is 15.0 Å². The fraction of sp³-hybridized carbons (Fsp3) is 0.500. The average Bonchev–Trinajstić information content (AvgIpc) is 3.11. The first kappa shape index (κ1) is 18.0. The second-order valence-corrected chi connectivity index (χ2v) is 7.54. The van der Waals surface area contributed by atoms with Crippen LogP contribution in [0.4, 0.5) is 15.6 Å². The zero-order valence-corrected chi connectivity index (χ0v) is 16.0. The third kappa shape index (κ3) is 3.70. The highest BCUT2D eigenvalue weighted by atomic mass is 32.1. The van der Waals surface area contributed by atoms with Crippen molar-refractivity contribution in [1.82, 2.24) is 9.88 Å². The van der Waals surface area contributed by atoms with Crippen LogP contribution in [0.3, 0.4) is 0 Å². The molecule has 0 radical (unpaired) electrons. The van der Waals surface area contributed by atoms with Crippen molar-refractivity contribution in [1.29, 1.82) is 0 Å². The van der Waals surface area contributed by atoms with Crippen LogP contribution in [0.1, 0.15) is 12.8 Å². The molecule has 2 aliphatic heterocycles. The molecule has 0 saturated carbocycles. The van der Waals surface area contributed by atoms with E-state index in [-0.39, 0.29) is 11.8 Å². The summed E-state index contributed by atoms with van der Waals surface area (Å²) in [6.07, 6.45) is 0.838. The fourth-order valence-corrected chi connectivity index (χ4v) is 4.38. The van der Waals surface area contributed by atoms with Crippen LogP contribution in [0, 0.1) is 0 Å². The Kier molecular flexibility index (Phi) is 5.13. The molecule has 9 heteroatoms. The molecule has 0 atom stereocenters. The zero-order chi connectivity index (χ0) is 18.8. The van der Waals surface area contributed by atoms with E-state index in [0.717, 1.165) is 29.0 Å². The predicted octanol–water partition coefficient (Wildman–Crippen LogP) is 2.34. The minimum absolute atomic E-state index is 0.207. The number of nitrogens with zero attached hydrogens (tertiary/aromatic N) is 3. The molecule has 1 aromatic heterocycles. The van der Waals surface area contributed by atoms with Gasteiger partial charge in [-0.2, -0.15) is 0 Å². The Bertz CT molecular complexity index is 852. The second-order valence-electron chi connectivity index (χ2n) is 6.54. The lowest BCUT2D eigenvalue weighted by atomic mass is 10.1. The van der Waals surface area contributed by atoms with Gasteiger partial charge >= 0.3 is 6.03 Å². The molecule has 144 valence electrons. The van der Waals surface area contributed by atoms with Crippen LogP contribution in [-0.4, -0.2) is 68.2 Å². The van der Waals surface area contributed by atoms with Gasteiger partial charge in [0.2, 0.25) is 0 Å². The molecule has 0 aliphatic carbocycles. The topological polar surface area (TPSA) is 84.0 Å². The van der Waals surface area contributed by atoms with Crippen molar-refractivity contribution in [3.8, 4) is 5.75 Å². The number of morpholine rings is 1. The Hall–Kier alpha value is -2.39. The van der Waals surface area contributed by atoms with Crippen LogP contribution in [0.15, 0.2) is 12.1 Å². The summed E-state index contributed by atoms with van der Waals surface area (Å²) in [6.45, 7) is 3.95. The number of anilines is 2. The number of ketones is 1. The normalized spacial score (nSPS) is 18.0. The third-order valence-corrected chi connectivity index (χ3v) is 5.87. The van der Waals surface area contributed by atoms with E-state index in [4.69, 9.17) is 9.47 Å². The first-order valence-electron chi connectivity index (χ1n) is 9.03. The predicted molar refractivity (Wildman–Crippen MR) is 104 cm³/mol. The number of benzene rings is 1.